The highest BCUT2D eigenvalue weighted by molar-refractivity contribution is 5.82. The number of piperidine rings is 1. The van der Waals surface area contributed by atoms with Crippen molar-refractivity contribution >= 4 is 16.7 Å². The summed E-state index contributed by atoms with van der Waals surface area (Å²) in [6.07, 6.45) is 2.66. The molecule has 26 heavy (non-hydrogen) atoms. The van der Waals surface area contributed by atoms with E-state index in [1.807, 2.05) is 0 Å². The van der Waals surface area contributed by atoms with Gasteiger partial charge >= 0.3 is 0 Å². The molecule has 5 nitrogen and oxygen atoms in total. The third-order valence-corrected chi connectivity index (χ3v) is 5.05. The monoisotopic (exact) mass is 357 g/mol. The number of aryl methyl sites for hydroxylation is 1. The molecular weight excluding hydrogens is 326 g/mol. The van der Waals surface area contributed by atoms with Gasteiger partial charge in [-0.15, -0.1) is 0 Å². The second-order valence-electron chi connectivity index (χ2n) is 7.49. The fourth-order valence-electron chi connectivity index (χ4n) is 3.72. The Morgan fingerprint density at radius 3 is 2.96 bits per heavy atom. The van der Waals surface area contributed by atoms with Crippen molar-refractivity contribution in [1.29, 1.82) is 0 Å². The van der Waals surface area contributed by atoms with Crippen molar-refractivity contribution < 1.29 is 9.84 Å². The number of fused-ring (bicyclic) bond motifs is 1. The summed E-state index contributed by atoms with van der Waals surface area (Å²) >= 11 is 0. The molecule has 0 saturated carbocycles. The molecule has 0 radical (unpaired) electrons. The van der Waals surface area contributed by atoms with Gasteiger partial charge < -0.3 is 19.6 Å². The van der Waals surface area contributed by atoms with E-state index >= 15 is 0 Å². The number of rotatable bonds is 7. The van der Waals surface area contributed by atoms with E-state index in [9.17, 15) is 5.11 Å². The Hall–Kier alpha value is -1.69. The topological polar surface area (TPSA) is 48.8 Å². The van der Waals surface area contributed by atoms with E-state index in [1.165, 1.54) is 16.5 Å². The van der Waals surface area contributed by atoms with Crippen LogP contribution >= 0.6 is 0 Å². The van der Waals surface area contributed by atoms with Crippen LogP contribution in [0.3, 0.4) is 0 Å². The molecule has 1 aliphatic heterocycles. The Morgan fingerprint density at radius 2 is 2.19 bits per heavy atom. The predicted molar refractivity (Wildman–Crippen MR) is 107 cm³/mol. The molecular formula is C21H31N3O2. The number of aliphatic hydroxyl groups is 1. The Balaban J connectivity index is 1.90. The molecule has 1 aromatic carbocycles. The van der Waals surface area contributed by atoms with Crippen molar-refractivity contribution in [3.05, 3.63) is 35.4 Å². The van der Waals surface area contributed by atoms with Crippen LogP contribution in [-0.4, -0.2) is 61.5 Å². The summed E-state index contributed by atoms with van der Waals surface area (Å²) < 4.78 is 5.17. The highest BCUT2D eigenvalue weighted by Gasteiger charge is 2.22. The number of β-amino-alcohol motifs (C(OH)–C–C–N with tert-alkyl or cyclic N) is 1. The van der Waals surface area contributed by atoms with Crippen LogP contribution in [-0.2, 0) is 11.3 Å². The SMILES string of the molecule is COCCCN(C)Cc1cc2cc(C)ccc2nc1N1CCC[C@@H](O)C1. The van der Waals surface area contributed by atoms with Crippen LogP contribution in [0.2, 0.25) is 0 Å². The van der Waals surface area contributed by atoms with Crippen molar-refractivity contribution in [2.45, 2.75) is 38.8 Å². The normalized spacial score (nSPS) is 18.0. The fourth-order valence-corrected chi connectivity index (χ4v) is 3.72. The molecule has 0 spiro atoms. The lowest BCUT2D eigenvalue weighted by atomic mass is 10.1. The maximum absolute atomic E-state index is 10.1. The largest absolute Gasteiger partial charge is 0.391 e. The van der Waals surface area contributed by atoms with Crippen molar-refractivity contribution in [1.82, 2.24) is 9.88 Å². The van der Waals surface area contributed by atoms with Gasteiger partial charge in [-0.25, -0.2) is 4.98 Å². The molecule has 3 rings (SSSR count). The molecule has 0 unspecified atom stereocenters. The van der Waals surface area contributed by atoms with Gasteiger partial charge in [0.25, 0.3) is 0 Å². The number of pyridine rings is 1. The van der Waals surface area contributed by atoms with Crippen LogP contribution in [0.15, 0.2) is 24.3 Å². The van der Waals surface area contributed by atoms with Gasteiger partial charge in [-0.05, 0) is 51.4 Å². The van der Waals surface area contributed by atoms with E-state index in [4.69, 9.17) is 9.72 Å². The van der Waals surface area contributed by atoms with Crippen LogP contribution in [0, 0.1) is 6.92 Å². The predicted octanol–water partition coefficient (Wildman–Crippen LogP) is 2.97. The first-order valence-electron chi connectivity index (χ1n) is 9.57. The number of aliphatic hydroxyl groups excluding tert-OH is 1. The minimum atomic E-state index is -0.258. The van der Waals surface area contributed by atoms with E-state index in [-0.39, 0.29) is 6.10 Å². The molecule has 1 aromatic heterocycles. The van der Waals surface area contributed by atoms with Crippen LogP contribution in [0.25, 0.3) is 10.9 Å². The maximum Gasteiger partial charge on any atom is 0.133 e. The van der Waals surface area contributed by atoms with Gasteiger partial charge in [0.1, 0.15) is 5.82 Å². The summed E-state index contributed by atoms with van der Waals surface area (Å²) in [6, 6.07) is 8.69. The number of ether oxygens (including phenoxy) is 1. The second-order valence-corrected chi connectivity index (χ2v) is 7.49. The summed E-state index contributed by atoms with van der Waals surface area (Å²) in [5.74, 6) is 1.03. The van der Waals surface area contributed by atoms with E-state index in [2.05, 4.69) is 48.0 Å². The Labute approximate surface area is 156 Å². The van der Waals surface area contributed by atoms with Crippen LogP contribution in [0.4, 0.5) is 5.82 Å². The standard InChI is InChI=1S/C21H31N3O2/c1-16-7-8-20-17(12-16)13-18(14-23(2)9-5-11-26-3)21(22-20)24-10-4-6-19(25)15-24/h7-8,12-13,19,25H,4-6,9-11,14-15H2,1-3H3/t19-/m1/s1. The third-order valence-electron chi connectivity index (χ3n) is 5.05. The second kappa shape index (κ2) is 8.80. The van der Waals surface area contributed by atoms with Crippen LogP contribution in [0.5, 0.6) is 0 Å². The summed E-state index contributed by atoms with van der Waals surface area (Å²) in [4.78, 5) is 9.56. The Bertz CT molecular complexity index is 735. The zero-order valence-electron chi connectivity index (χ0n) is 16.2. The average Bonchev–Trinajstić information content (AvgIpc) is 2.61. The maximum atomic E-state index is 10.1. The first-order valence-corrected chi connectivity index (χ1v) is 9.57. The summed E-state index contributed by atoms with van der Waals surface area (Å²) in [5.41, 5.74) is 3.51. The molecule has 0 bridgehead atoms. The van der Waals surface area contributed by atoms with E-state index in [1.54, 1.807) is 7.11 Å². The fraction of sp³-hybridized carbons (Fsp3) is 0.571. The molecule has 0 amide bonds. The lowest BCUT2D eigenvalue weighted by Gasteiger charge is -2.33. The first-order chi connectivity index (χ1) is 12.6. The zero-order valence-corrected chi connectivity index (χ0v) is 16.2. The van der Waals surface area contributed by atoms with Gasteiger partial charge in [0, 0.05) is 50.8 Å². The summed E-state index contributed by atoms with van der Waals surface area (Å²) in [5, 5.41) is 11.3. The third kappa shape index (κ3) is 4.72. The number of anilines is 1. The zero-order chi connectivity index (χ0) is 18.5. The lowest BCUT2D eigenvalue weighted by Crippen LogP contribution is -2.39. The van der Waals surface area contributed by atoms with Gasteiger partial charge in [-0.3, -0.25) is 0 Å². The quantitative estimate of drug-likeness (QED) is 0.772. The van der Waals surface area contributed by atoms with Crippen LogP contribution in [0.1, 0.15) is 30.4 Å². The van der Waals surface area contributed by atoms with E-state index in [0.29, 0.717) is 6.54 Å². The van der Waals surface area contributed by atoms with Crippen molar-refractivity contribution in [3.63, 3.8) is 0 Å². The van der Waals surface area contributed by atoms with Crippen molar-refractivity contribution in [2.75, 3.05) is 45.3 Å². The number of hydrogen-bond donors (Lipinski definition) is 1. The molecule has 1 N–H and O–H groups in total. The number of hydrogen-bond acceptors (Lipinski definition) is 5. The number of methoxy groups -OCH3 is 1. The van der Waals surface area contributed by atoms with Gasteiger partial charge in [0.05, 0.1) is 11.6 Å². The average molecular weight is 357 g/mol. The minimum absolute atomic E-state index is 0.258. The molecule has 2 heterocycles. The molecule has 1 saturated heterocycles. The van der Waals surface area contributed by atoms with E-state index < -0.39 is 0 Å². The number of aromatic nitrogens is 1. The molecule has 0 aliphatic carbocycles. The molecule has 1 aliphatic rings. The summed E-state index contributed by atoms with van der Waals surface area (Å²) in [7, 11) is 3.89. The highest BCUT2D eigenvalue weighted by atomic mass is 16.5. The summed E-state index contributed by atoms with van der Waals surface area (Å²) in [6.45, 7) is 6.37. The lowest BCUT2D eigenvalue weighted by molar-refractivity contribution is 0.153. The van der Waals surface area contributed by atoms with Crippen molar-refractivity contribution in [3.8, 4) is 0 Å². The smallest absolute Gasteiger partial charge is 0.133 e. The van der Waals surface area contributed by atoms with Gasteiger partial charge in [-0.2, -0.15) is 0 Å². The van der Waals surface area contributed by atoms with Gasteiger partial charge in [-0.1, -0.05) is 11.6 Å². The number of nitrogens with zero attached hydrogens (tertiary/aromatic N) is 3. The Kier molecular flexibility index (Phi) is 6.46. The van der Waals surface area contributed by atoms with Gasteiger partial charge in [0.15, 0.2) is 0 Å². The molecule has 1 atom stereocenters. The Morgan fingerprint density at radius 1 is 1.35 bits per heavy atom. The molecule has 5 heteroatoms. The van der Waals surface area contributed by atoms with Gasteiger partial charge in [0.2, 0.25) is 0 Å². The van der Waals surface area contributed by atoms with Crippen molar-refractivity contribution in [2.24, 2.45) is 0 Å². The minimum Gasteiger partial charge on any atom is -0.391 e. The molecule has 142 valence electrons. The molecule has 2 aromatic rings. The van der Waals surface area contributed by atoms with E-state index in [0.717, 1.165) is 56.8 Å². The first kappa shape index (κ1) is 19.1. The highest BCUT2D eigenvalue weighted by Crippen LogP contribution is 2.28. The van der Waals surface area contributed by atoms with Crippen LogP contribution < -0.4 is 4.90 Å². The number of benzene rings is 1. The molecule has 1 fully saturated rings.